The Morgan fingerprint density at radius 1 is 1.33 bits per heavy atom. The Morgan fingerprint density at radius 2 is 2.07 bits per heavy atom. The van der Waals surface area contributed by atoms with Gasteiger partial charge < -0.3 is 5.32 Å². The second kappa shape index (κ2) is 4.94. The molecule has 1 fully saturated rings. The van der Waals surface area contributed by atoms with Gasteiger partial charge >= 0.3 is 0 Å². The molecule has 1 N–H and O–H groups in total. The van der Waals surface area contributed by atoms with E-state index in [0.29, 0.717) is 17.2 Å². The van der Waals surface area contributed by atoms with Crippen LogP contribution < -0.4 is 5.32 Å². The highest BCUT2D eigenvalue weighted by atomic mass is 32.2. The van der Waals surface area contributed by atoms with Crippen molar-refractivity contribution in [3.05, 3.63) is 18.5 Å². The minimum absolute atomic E-state index is 0.657. The van der Waals surface area contributed by atoms with E-state index in [-0.39, 0.29) is 0 Å². The molecule has 1 aromatic heterocycles. The molecular formula is C11H17N3S. The molecule has 0 saturated heterocycles. The first-order chi connectivity index (χ1) is 7.31. The standard InChI is InChI=1S/C11H17N3S/c1-8-9(12-2)4-5-10(8)15-11-13-6-3-7-14-11/h3,6-10,12H,4-5H2,1-2H3. The molecule has 3 atom stereocenters. The SMILES string of the molecule is CNC1CCC(Sc2ncccn2)C1C. The first kappa shape index (κ1) is 10.9. The Kier molecular flexibility index (Phi) is 3.59. The molecule has 0 radical (unpaired) electrons. The largest absolute Gasteiger partial charge is 0.317 e. The molecule has 1 saturated carbocycles. The van der Waals surface area contributed by atoms with E-state index >= 15 is 0 Å². The van der Waals surface area contributed by atoms with Gasteiger partial charge in [0, 0.05) is 23.7 Å². The molecule has 15 heavy (non-hydrogen) atoms. The van der Waals surface area contributed by atoms with Crippen LogP contribution in [0.15, 0.2) is 23.6 Å². The molecule has 1 aliphatic carbocycles. The monoisotopic (exact) mass is 223 g/mol. The second-order valence-electron chi connectivity index (χ2n) is 4.02. The maximum atomic E-state index is 4.26. The van der Waals surface area contributed by atoms with Crippen molar-refractivity contribution < 1.29 is 0 Å². The molecule has 0 amide bonds. The van der Waals surface area contributed by atoms with Gasteiger partial charge in [0.25, 0.3) is 0 Å². The number of hydrogen-bond donors (Lipinski definition) is 1. The third-order valence-corrected chi connectivity index (χ3v) is 4.54. The highest BCUT2D eigenvalue weighted by Crippen LogP contribution is 2.37. The second-order valence-corrected chi connectivity index (χ2v) is 5.23. The summed E-state index contributed by atoms with van der Waals surface area (Å²) in [6.45, 7) is 2.31. The topological polar surface area (TPSA) is 37.8 Å². The van der Waals surface area contributed by atoms with Crippen molar-refractivity contribution in [2.45, 2.75) is 36.2 Å². The lowest BCUT2D eigenvalue weighted by atomic mass is 10.1. The van der Waals surface area contributed by atoms with E-state index in [9.17, 15) is 0 Å². The van der Waals surface area contributed by atoms with Gasteiger partial charge in [0.1, 0.15) is 0 Å². The van der Waals surface area contributed by atoms with Crippen molar-refractivity contribution in [1.29, 1.82) is 0 Å². The Balaban J connectivity index is 1.96. The van der Waals surface area contributed by atoms with E-state index in [2.05, 4.69) is 22.2 Å². The van der Waals surface area contributed by atoms with Crippen LogP contribution in [0.5, 0.6) is 0 Å². The predicted octanol–water partition coefficient (Wildman–Crippen LogP) is 1.96. The molecule has 3 nitrogen and oxygen atoms in total. The van der Waals surface area contributed by atoms with Crippen LogP contribution in [-0.4, -0.2) is 28.3 Å². The summed E-state index contributed by atoms with van der Waals surface area (Å²) in [5.41, 5.74) is 0. The molecule has 3 unspecified atom stereocenters. The fourth-order valence-corrected chi connectivity index (χ4v) is 3.36. The van der Waals surface area contributed by atoms with Crippen LogP contribution in [0.3, 0.4) is 0 Å². The summed E-state index contributed by atoms with van der Waals surface area (Å²) in [6.07, 6.45) is 6.15. The fourth-order valence-electron chi connectivity index (χ4n) is 2.18. The number of hydrogen-bond acceptors (Lipinski definition) is 4. The molecule has 2 rings (SSSR count). The molecular weight excluding hydrogens is 206 g/mol. The number of nitrogens with one attached hydrogen (secondary N) is 1. The Morgan fingerprint density at radius 3 is 2.67 bits per heavy atom. The number of nitrogens with zero attached hydrogens (tertiary/aromatic N) is 2. The smallest absolute Gasteiger partial charge is 0.187 e. The highest BCUT2D eigenvalue weighted by Gasteiger charge is 2.32. The zero-order valence-electron chi connectivity index (χ0n) is 9.18. The lowest BCUT2D eigenvalue weighted by molar-refractivity contribution is 0.463. The minimum atomic E-state index is 0.657. The summed E-state index contributed by atoms with van der Waals surface area (Å²) in [4.78, 5) is 8.52. The van der Waals surface area contributed by atoms with Gasteiger partial charge in [-0.2, -0.15) is 0 Å². The van der Waals surface area contributed by atoms with Gasteiger partial charge in [-0.1, -0.05) is 18.7 Å². The average molecular weight is 223 g/mol. The van der Waals surface area contributed by atoms with E-state index in [4.69, 9.17) is 0 Å². The maximum Gasteiger partial charge on any atom is 0.187 e. The summed E-state index contributed by atoms with van der Waals surface area (Å²) in [6, 6.07) is 2.52. The average Bonchev–Trinajstić information content (AvgIpc) is 2.62. The highest BCUT2D eigenvalue weighted by molar-refractivity contribution is 7.99. The number of rotatable bonds is 3. The van der Waals surface area contributed by atoms with Crippen LogP contribution in [0.4, 0.5) is 0 Å². The van der Waals surface area contributed by atoms with E-state index in [1.54, 1.807) is 0 Å². The van der Waals surface area contributed by atoms with Crippen LogP contribution >= 0.6 is 11.8 Å². The molecule has 0 aliphatic heterocycles. The van der Waals surface area contributed by atoms with Gasteiger partial charge in [-0.3, -0.25) is 0 Å². The van der Waals surface area contributed by atoms with Crippen molar-refractivity contribution in [2.24, 2.45) is 5.92 Å². The van der Waals surface area contributed by atoms with Gasteiger partial charge in [0.2, 0.25) is 0 Å². The van der Waals surface area contributed by atoms with Gasteiger partial charge in [-0.05, 0) is 31.9 Å². The summed E-state index contributed by atoms with van der Waals surface area (Å²) in [5, 5.41) is 4.94. The van der Waals surface area contributed by atoms with Crippen LogP contribution in [0.25, 0.3) is 0 Å². The Bertz CT molecular complexity index is 304. The molecule has 1 aliphatic rings. The maximum absolute atomic E-state index is 4.26. The summed E-state index contributed by atoms with van der Waals surface area (Å²) in [7, 11) is 2.05. The molecule has 1 heterocycles. The van der Waals surface area contributed by atoms with Crippen LogP contribution in [-0.2, 0) is 0 Å². The zero-order valence-corrected chi connectivity index (χ0v) is 10.00. The zero-order chi connectivity index (χ0) is 10.7. The molecule has 0 bridgehead atoms. The number of aromatic nitrogens is 2. The lowest BCUT2D eigenvalue weighted by Crippen LogP contribution is -2.30. The van der Waals surface area contributed by atoms with Gasteiger partial charge in [-0.25, -0.2) is 9.97 Å². The van der Waals surface area contributed by atoms with Crippen LogP contribution in [0.1, 0.15) is 19.8 Å². The molecule has 4 heteroatoms. The summed E-state index contributed by atoms with van der Waals surface area (Å²) >= 11 is 1.82. The molecule has 0 spiro atoms. The minimum Gasteiger partial charge on any atom is -0.317 e. The van der Waals surface area contributed by atoms with Crippen molar-refractivity contribution in [1.82, 2.24) is 15.3 Å². The van der Waals surface area contributed by atoms with Crippen molar-refractivity contribution in [3.63, 3.8) is 0 Å². The summed E-state index contributed by atoms with van der Waals surface area (Å²) < 4.78 is 0. The van der Waals surface area contributed by atoms with Crippen molar-refractivity contribution >= 4 is 11.8 Å². The Hall–Kier alpha value is -0.610. The molecule has 1 aromatic rings. The van der Waals surface area contributed by atoms with Crippen molar-refractivity contribution in [3.8, 4) is 0 Å². The first-order valence-corrected chi connectivity index (χ1v) is 6.30. The predicted molar refractivity (Wildman–Crippen MR) is 62.9 cm³/mol. The van der Waals surface area contributed by atoms with E-state index in [0.717, 1.165) is 5.16 Å². The fraction of sp³-hybridized carbons (Fsp3) is 0.636. The van der Waals surface area contributed by atoms with Crippen LogP contribution in [0.2, 0.25) is 0 Å². The van der Waals surface area contributed by atoms with Gasteiger partial charge in [0.05, 0.1) is 0 Å². The number of thioether (sulfide) groups is 1. The van der Waals surface area contributed by atoms with E-state index in [1.807, 2.05) is 37.3 Å². The normalized spacial score (nSPS) is 30.7. The third kappa shape index (κ3) is 2.49. The quantitative estimate of drug-likeness (QED) is 0.795. The Labute approximate surface area is 95.1 Å². The van der Waals surface area contributed by atoms with Gasteiger partial charge in [0.15, 0.2) is 5.16 Å². The third-order valence-electron chi connectivity index (χ3n) is 3.15. The summed E-state index contributed by atoms with van der Waals surface area (Å²) in [5.74, 6) is 0.698. The first-order valence-electron chi connectivity index (χ1n) is 5.42. The van der Waals surface area contributed by atoms with Crippen LogP contribution in [0, 0.1) is 5.92 Å². The van der Waals surface area contributed by atoms with Crippen molar-refractivity contribution in [2.75, 3.05) is 7.05 Å². The molecule has 82 valence electrons. The van der Waals surface area contributed by atoms with Gasteiger partial charge in [-0.15, -0.1) is 0 Å². The van der Waals surface area contributed by atoms with E-state index < -0.39 is 0 Å². The van der Waals surface area contributed by atoms with E-state index in [1.165, 1.54) is 12.8 Å². The lowest BCUT2D eigenvalue weighted by Gasteiger charge is -2.18. The molecule has 0 aromatic carbocycles.